The molecule has 12 nitrogen and oxygen atoms in total. The first kappa shape index (κ1) is 28.9. The van der Waals surface area contributed by atoms with Crippen LogP contribution in [0.15, 0.2) is 40.5 Å². The fourth-order valence-electron chi connectivity index (χ4n) is 4.00. The lowest BCUT2D eigenvalue weighted by atomic mass is 9.98. The Hall–Kier alpha value is -4.10. The predicted molar refractivity (Wildman–Crippen MR) is 146 cm³/mol. The molecule has 4 N–H and O–H groups in total. The summed E-state index contributed by atoms with van der Waals surface area (Å²) in [5, 5.41) is 17.7. The van der Waals surface area contributed by atoms with Crippen molar-refractivity contribution in [3.63, 3.8) is 0 Å². The van der Waals surface area contributed by atoms with Crippen LogP contribution in [0.3, 0.4) is 0 Å². The number of aromatic hydroxyl groups is 1. The lowest BCUT2D eigenvalue weighted by Gasteiger charge is -2.22. The number of anilines is 1. The number of halogens is 1. The Morgan fingerprint density at radius 1 is 1.18 bits per heavy atom. The smallest absolute Gasteiger partial charge is 0.501 e. The van der Waals surface area contributed by atoms with E-state index in [1.165, 1.54) is 6.92 Å². The van der Waals surface area contributed by atoms with E-state index in [2.05, 4.69) is 20.6 Å². The van der Waals surface area contributed by atoms with Gasteiger partial charge in [0, 0.05) is 18.5 Å². The lowest BCUT2D eigenvalue weighted by Crippen LogP contribution is -2.28. The molecular weight excluding hydrogens is 564 g/mol. The minimum Gasteiger partial charge on any atom is -0.501 e. The van der Waals surface area contributed by atoms with Crippen molar-refractivity contribution in [3.05, 3.63) is 62.3 Å². The second-order valence-electron chi connectivity index (χ2n) is 8.89. The van der Waals surface area contributed by atoms with Crippen LogP contribution in [0.2, 0.25) is 5.02 Å². The first-order valence-corrected chi connectivity index (χ1v) is 13.7. The molecule has 2 aromatic heterocycles. The van der Waals surface area contributed by atoms with Crippen LogP contribution in [0.5, 0.6) is 5.75 Å². The van der Waals surface area contributed by atoms with Crippen LogP contribution in [-0.2, 0) is 20.8 Å². The molecule has 1 saturated carbocycles. The molecule has 1 aliphatic rings. The standard InChI is InChI=1S/C26H27ClN4O8S/c1-14(38-26(36)39-16-8-3-2-4-9-16)37-24(34)19-20(32)23(33)31-22(30-19)21-18(11-12-40-21)29-25(35)28-13-15-7-5-6-10-17(15)27/h5-7,10-12,14,16,32H,2-4,8-9,13H2,1H3,(H2,28,29,35)(H,30,31,33). The number of amides is 2. The summed E-state index contributed by atoms with van der Waals surface area (Å²) < 4.78 is 15.3. The van der Waals surface area contributed by atoms with Gasteiger partial charge < -0.3 is 34.9 Å². The number of aromatic amines is 1. The number of H-pyrrole nitrogens is 1. The quantitative estimate of drug-likeness (QED) is 0.204. The number of rotatable bonds is 8. The second-order valence-corrected chi connectivity index (χ2v) is 10.2. The summed E-state index contributed by atoms with van der Waals surface area (Å²) in [7, 11) is 0. The zero-order chi connectivity index (χ0) is 28.6. The molecule has 1 atom stereocenters. The van der Waals surface area contributed by atoms with E-state index in [4.69, 9.17) is 25.8 Å². The number of thiophene rings is 1. The summed E-state index contributed by atoms with van der Waals surface area (Å²) in [5.41, 5.74) is -0.697. The molecule has 2 amide bonds. The SMILES string of the molecule is CC(OC(=O)OC1CCCCC1)OC(=O)c1nc(-c2sccc2NC(=O)NCc2ccccc2Cl)[nH]c(=O)c1O. The van der Waals surface area contributed by atoms with Gasteiger partial charge in [-0.05, 0) is 48.8 Å². The fourth-order valence-corrected chi connectivity index (χ4v) is 5.00. The van der Waals surface area contributed by atoms with E-state index in [1.54, 1.807) is 35.7 Å². The minimum absolute atomic E-state index is 0.101. The van der Waals surface area contributed by atoms with Crippen LogP contribution in [0.1, 0.15) is 55.1 Å². The summed E-state index contributed by atoms with van der Waals surface area (Å²) in [6, 6.07) is 8.08. The third-order valence-corrected chi connectivity index (χ3v) is 7.25. The molecule has 1 aromatic carbocycles. The summed E-state index contributed by atoms with van der Waals surface area (Å²) in [5.74, 6) is -2.28. The predicted octanol–water partition coefficient (Wildman–Crippen LogP) is 5.17. The molecule has 1 fully saturated rings. The van der Waals surface area contributed by atoms with Crippen molar-refractivity contribution in [2.75, 3.05) is 5.32 Å². The van der Waals surface area contributed by atoms with E-state index in [0.29, 0.717) is 9.90 Å². The first-order valence-electron chi connectivity index (χ1n) is 12.5. The van der Waals surface area contributed by atoms with E-state index in [1.807, 2.05) is 0 Å². The van der Waals surface area contributed by atoms with Crippen molar-refractivity contribution in [2.45, 2.75) is 58.0 Å². The van der Waals surface area contributed by atoms with Crippen LogP contribution in [0, 0.1) is 0 Å². The number of aromatic nitrogens is 2. The molecular formula is C26H27ClN4O8S. The van der Waals surface area contributed by atoms with E-state index in [9.17, 15) is 24.3 Å². The Bertz CT molecular complexity index is 1440. The Morgan fingerprint density at radius 3 is 2.67 bits per heavy atom. The highest BCUT2D eigenvalue weighted by atomic mass is 35.5. The number of hydrogen-bond acceptors (Lipinski definition) is 10. The number of esters is 1. The van der Waals surface area contributed by atoms with E-state index < -0.39 is 41.4 Å². The molecule has 14 heteroatoms. The summed E-state index contributed by atoms with van der Waals surface area (Å²) in [6.07, 6.45) is 1.83. The van der Waals surface area contributed by atoms with Gasteiger partial charge in [-0.3, -0.25) is 4.79 Å². The van der Waals surface area contributed by atoms with Crippen molar-refractivity contribution < 1.29 is 33.7 Å². The van der Waals surface area contributed by atoms with Gasteiger partial charge in [0.2, 0.25) is 12.0 Å². The van der Waals surface area contributed by atoms with Crippen molar-refractivity contribution in [1.82, 2.24) is 15.3 Å². The van der Waals surface area contributed by atoms with Gasteiger partial charge in [-0.15, -0.1) is 11.3 Å². The van der Waals surface area contributed by atoms with Gasteiger partial charge in [0.15, 0.2) is 11.5 Å². The van der Waals surface area contributed by atoms with Crippen LogP contribution in [0.4, 0.5) is 15.3 Å². The molecule has 0 bridgehead atoms. The molecule has 0 radical (unpaired) electrons. The third-order valence-electron chi connectivity index (χ3n) is 5.96. The maximum atomic E-state index is 12.7. The zero-order valence-corrected chi connectivity index (χ0v) is 23.0. The minimum atomic E-state index is -1.38. The monoisotopic (exact) mass is 590 g/mol. The molecule has 1 aliphatic carbocycles. The van der Waals surface area contributed by atoms with Gasteiger partial charge in [-0.25, -0.2) is 19.4 Å². The highest BCUT2D eigenvalue weighted by Gasteiger charge is 2.26. The molecule has 4 rings (SSSR count). The molecule has 1 unspecified atom stereocenters. The van der Waals surface area contributed by atoms with Gasteiger partial charge in [0.25, 0.3) is 5.56 Å². The number of carbonyl (C=O) groups excluding carboxylic acids is 3. The van der Waals surface area contributed by atoms with Crippen LogP contribution in [-0.4, -0.2) is 45.6 Å². The van der Waals surface area contributed by atoms with Crippen molar-refractivity contribution >= 4 is 46.8 Å². The van der Waals surface area contributed by atoms with Crippen LogP contribution < -0.4 is 16.2 Å². The van der Waals surface area contributed by atoms with Crippen molar-refractivity contribution in [3.8, 4) is 16.5 Å². The Morgan fingerprint density at radius 2 is 1.93 bits per heavy atom. The highest BCUT2D eigenvalue weighted by molar-refractivity contribution is 7.14. The largest absolute Gasteiger partial charge is 0.511 e. The Labute approximate surface area is 237 Å². The maximum Gasteiger partial charge on any atom is 0.511 e. The number of urea groups is 1. The van der Waals surface area contributed by atoms with Gasteiger partial charge in [-0.1, -0.05) is 36.2 Å². The van der Waals surface area contributed by atoms with E-state index in [-0.39, 0.29) is 24.2 Å². The zero-order valence-electron chi connectivity index (χ0n) is 21.4. The number of benzene rings is 1. The van der Waals surface area contributed by atoms with Crippen molar-refractivity contribution in [2.24, 2.45) is 0 Å². The normalized spacial score (nSPS) is 14.2. The van der Waals surface area contributed by atoms with Gasteiger partial charge in [-0.2, -0.15) is 0 Å². The maximum absolute atomic E-state index is 12.7. The molecule has 0 saturated heterocycles. The van der Waals surface area contributed by atoms with Gasteiger partial charge >= 0.3 is 18.2 Å². The van der Waals surface area contributed by atoms with Crippen LogP contribution in [0.25, 0.3) is 10.7 Å². The lowest BCUT2D eigenvalue weighted by molar-refractivity contribution is -0.0918. The highest BCUT2D eigenvalue weighted by Crippen LogP contribution is 2.32. The van der Waals surface area contributed by atoms with E-state index >= 15 is 0 Å². The van der Waals surface area contributed by atoms with Gasteiger partial charge in [0.05, 0.1) is 10.6 Å². The molecule has 212 valence electrons. The number of carbonyl (C=O) groups is 3. The summed E-state index contributed by atoms with van der Waals surface area (Å²) >= 11 is 7.24. The summed E-state index contributed by atoms with van der Waals surface area (Å²) in [4.78, 5) is 56.4. The average molecular weight is 591 g/mol. The molecule has 0 spiro atoms. The Balaban J connectivity index is 1.41. The average Bonchev–Trinajstić information content (AvgIpc) is 3.38. The number of ether oxygens (including phenoxy) is 3. The van der Waals surface area contributed by atoms with Crippen LogP contribution >= 0.6 is 22.9 Å². The molecule has 2 heterocycles. The third kappa shape index (κ3) is 7.51. The van der Waals surface area contributed by atoms with E-state index in [0.717, 1.165) is 49.0 Å². The van der Waals surface area contributed by atoms with Gasteiger partial charge in [0.1, 0.15) is 6.10 Å². The molecule has 0 aliphatic heterocycles. The Kier molecular flexibility index (Phi) is 9.61. The first-order chi connectivity index (χ1) is 19.2. The van der Waals surface area contributed by atoms with Crippen molar-refractivity contribution in [1.29, 1.82) is 0 Å². The molecule has 3 aromatic rings. The number of hydrogen-bond donors (Lipinski definition) is 4. The molecule has 40 heavy (non-hydrogen) atoms. The second kappa shape index (κ2) is 13.3. The topological polar surface area (TPSA) is 169 Å². The number of nitrogens with one attached hydrogen (secondary N) is 3. The fraction of sp³-hybridized carbons (Fsp3) is 0.346. The number of nitrogens with zero attached hydrogens (tertiary/aromatic N) is 1. The summed E-state index contributed by atoms with van der Waals surface area (Å²) in [6.45, 7) is 1.46.